The summed E-state index contributed by atoms with van der Waals surface area (Å²) in [5, 5.41) is 0.723. The second kappa shape index (κ2) is 6.62. The van der Waals surface area contributed by atoms with Crippen LogP contribution < -0.4 is 0 Å². The molecule has 7 rings (SSSR count). The van der Waals surface area contributed by atoms with Crippen molar-refractivity contribution < 1.29 is 4.39 Å². The van der Waals surface area contributed by atoms with Gasteiger partial charge in [-0.3, -0.25) is 0 Å². The number of rotatable bonds is 3. The van der Waals surface area contributed by atoms with Crippen molar-refractivity contribution in [3.05, 3.63) is 42.2 Å². The maximum atomic E-state index is 13.9. The first-order chi connectivity index (χ1) is 14.6. The maximum Gasteiger partial charge on any atom is 0.162 e. The third kappa shape index (κ3) is 2.69. The van der Waals surface area contributed by atoms with Crippen molar-refractivity contribution in [1.82, 2.24) is 24.5 Å². The van der Waals surface area contributed by atoms with Gasteiger partial charge in [0, 0.05) is 30.4 Å². The summed E-state index contributed by atoms with van der Waals surface area (Å²) in [7, 11) is 2.07. The molecular weight excluding hydrogens is 377 g/mol. The second-order valence-electron chi connectivity index (χ2n) is 9.31. The molecule has 2 atom stereocenters. The van der Waals surface area contributed by atoms with Crippen LogP contribution in [0.2, 0.25) is 0 Å². The molecule has 3 aliphatic rings. The molecular formula is C24H26FN5. The first-order valence-corrected chi connectivity index (χ1v) is 11.0. The molecule has 2 unspecified atom stereocenters. The van der Waals surface area contributed by atoms with Crippen LogP contribution in [0.1, 0.15) is 38.3 Å². The largest absolute Gasteiger partial charge is 0.348 e. The minimum absolute atomic E-state index is 0.351. The minimum atomic E-state index is -0.351. The van der Waals surface area contributed by atoms with E-state index in [0.29, 0.717) is 17.4 Å². The number of aryl methyl sites for hydroxylation is 1. The Bertz CT molecular complexity index is 1250. The molecule has 0 spiro atoms. The lowest BCUT2D eigenvalue weighted by Crippen LogP contribution is -2.39. The molecule has 0 aromatic carbocycles. The van der Waals surface area contributed by atoms with Crippen molar-refractivity contribution in [2.75, 3.05) is 0 Å². The number of hydrogen-bond donors (Lipinski definition) is 1. The van der Waals surface area contributed by atoms with E-state index in [2.05, 4.69) is 34.7 Å². The number of fused-ring (bicyclic) bond motifs is 5. The zero-order valence-electron chi connectivity index (χ0n) is 17.4. The van der Waals surface area contributed by atoms with Crippen molar-refractivity contribution >= 4 is 22.1 Å². The Labute approximate surface area is 174 Å². The highest BCUT2D eigenvalue weighted by Gasteiger charge is 2.41. The van der Waals surface area contributed by atoms with E-state index in [4.69, 9.17) is 9.97 Å². The van der Waals surface area contributed by atoms with Crippen LogP contribution in [0.4, 0.5) is 4.39 Å². The van der Waals surface area contributed by atoms with Crippen LogP contribution in [0.3, 0.4) is 0 Å². The van der Waals surface area contributed by atoms with E-state index >= 15 is 0 Å². The highest BCUT2D eigenvalue weighted by molar-refractivity contribution is 5.93. The van der Waals surface area contributed by atoms with Crippen molar-refractivity contribution in [2.24, 2.45) is 30.7 Å². The summed E-state index contributed by atoms with van der Waals surface area (Å²) in [6, 6.07) is 3.56. The van der Waals surface area contributed by atoms with E-state index in [0.717, 1.165) is 51.9 Å². The second-order valence-corrected chi connectivity index (χ2v) is 9.31. The Kier molecular flexibility index (Phi) is 3.98. The number of nitrogens with one attached hydrogen (secondary N) is 1. The maximum absolute atomic E-state index is 13.9. The molecule has 4 aromatic heterocycles. The van der Waals surface area contributed by atoms with Gasteiger partial charge in [-0.15, -0.1) is 0 Å². The topological polar surface area (TPSA) is 59.4 Å². The minimum Gasteiger partial charge on any atom is -0.348 e. The molecule has 3 saturated carbocycles. The first-order valence-electron chi connectivity index (χ1n) is 11.0. The fourth-order valence-electron chi connectivity index (χ4n) is 6.16. The molecule has 0 radical (unpaired) electrons. The third-order valence-corrected chi connectivity index (χ3v) is 7.80. The van der Waals surface area contributed by atoms with E-state index in [1.54, 1.807) is 0 Å². The summed E-state index contributed by atoms with van der Waals surface area (Å²) in [5.41, 5.74) is 4.65. The number of hydrogen-bond acceptors (Lipinski definition) is 3. The molecule has 3 fully saturated rings. The number of H-pyrrole nitrogens is 1. The van der Waals surface area contributed by atoms with Crippen LogP contribution in [-0.2, 0) is 13.5 Å². The van der Waals surface area contributed by atoms with Gasteiger partial charge in [-0.1, -0.05) is 6.92 Å². The molecule has 1 N–H and O–H groups in total. The normalized spacial score (nSPS) is 26.1. The van der Waals surface area contributed by atoms with E-state index in [9.17, 15) is 4.39 Å². The van der Waals surface area contributed by atoms with Crippen LogP contribution in [-0.4, -0.2) is 24.5 Å². The standard InChI is InChI=1S/C24H26FN5/c1-13-14-3-5-15(6-4-14)17(13)10-21-22-20(7-8-30(22)2)28-24(29-21)19-12-27-23-18(19)9-16(25)11-26-23/h7-9,11-15,17H,3-6,10H2,1-2H3,(H,26,27). The summed E-state index contributed by atoms with van der Waals surface area (Å²) < 4.78 is 16.0. The summed E-state index contributed by atoms with van der Waals surface area (Å²) >= 11 is 0. The number of aromatic nitrogens is 5. The zero-order valence-corrected chi connectivity index (χ0v) is 17.4. The van der Waals surface area contributed by atoms with E-state index in [1.165, 1.54) is 37.9 Å². The highest BCUT2D eigenvalue weighted by atomic mass is 19.1. The SMILES string of the molecule is CC1C2CCC(CC2)C1Cc1nc(-c2c[nH]c3ncc(F)cc23)nc2ccn(C)c12. The third-order valence-electron chi connectivity index (χ3n) is 7.80. The molecule has 0 amide bonds. The molecule has 4 aromatic rings. The van der Waals surface area contributed by atoms with Crippen molar-refractivity contribution in [3.63, 3.8) is 0 Å². The summed E-state index contributed by atoms with van der Waals surface area (Å²) in [4.78, 5) is 17.2. The molecule has 0 saturated heterocycles. The van der Waals surface area contributed by atoms with E-state index in [1.807, 2.05) is 12.3 Å². The molecule has 6 heteroatoms. The van der Waals surface area contributed by atoms with Crippen LogP contribution in [0.25, 0.3) is 33.5 Å². The Morgan fingerprint density at radius 3 is 2.77 bits per heavy atom. The molecule has 154 valence electrons. The average molecular weight is 404 g/mol. The first kappa shape index (κ1) is 18.0. The van der Waals surface area contributed by atoms with Gasteiger partial charge in [0.15, 0.2) is 5.82 Å². The Balaban J connectivity index is 1.48. The van der Waals surface area contributed by atoms with Gasteiger partial charge in [-0.05, 0) is 67.9 Å². The van der Waals surface area contributed by atoms with Gasteiger partial charge >= 0.3 is 0 Å². The summed E-state index contributed by atoms with van der Waals surface area (Å²) in [5.74, 6) is 3.41. The number of pyridine rings is 1. The predicted octanol–water partition coefficient (Wildman–Crippen LogP) is 5.27. The van der Waals surface area contributed by atoms with E-state index in [-0.39, 0.29) is 5.82 Å². The van der Waals surface area contributed by atoms with Gasteiger partial charge < -0.3 is 9.55 Å². The van der Waals surface area contributed by atoms with Crippen molar-refractivity contribution in [2.45, 2.75) is 39.0 Å². The van der Waals surface area contributed by atoms with Crippen LogP contribution in [0.5, 0.6) is 0 Å². The fraction of sp³-hybridized carbons (Fsp3) is 0.458. The summed E-state index contributed by atoms with van der Waals surface area (Å²) in [6.45, 7) is 2.44. The Morgan fingerprint density at radius 2 is 1.97 bits per heavy atom. The van der Waals surface area contributed by atoms with Gasteiger partial charge in [0.1, 0.15) is 11.5 Å². The Hall–Kier alpha value is -2.76. The number of nitrogens with zero attached hydrogens (tertiary/aromatic N) is 4. The summed E-state index contributed by atoms with van der Waals surface area (Å²) in [6.07, 6.45) is 11.6. The van der Waals surface area contributed by atoms with Gasteiger partial charge in [-0.2, -0.15) is 0 Å². The van der Waals surface area contributed by atoms with Crippen LogP contribution in [0.15, 0.2) is 30.7 Å². The lowest BCUT2D eigenvalue weighted by Gasteiger charge is -2.47. The zero-order chi connectivity index (χ0) is 20.4. The van der Waals surface area contributed by atoms with Gasteiger partial charge in [0.2, 0.25) is 0 Å². The smallest absolute Gasteiger partial charge is 0.162 e. The van der Waals surface area contributed by atoms with E-state index < -0.39 is 0 Å². The average Bonchev–Trinajstić information content (AvgIpc) is 3.34. The van der Waals surface area contributed by atoms with Gasteiger partial charge in [-0.25, -0.2) is 19.3 Å². The monoisotopic (exact) mass is 403 g/mol. The van der Waals surface area contributed by atoms with Crippen LogP contribution in [0, 0.1) is 29.5 Å². The Morgan fingerprint density at radius 1 is 1.17 bits per heavy atom. The quantitative estimate of drug-likeness (QED) is 0.507. The molecule has 0 aliphatic heterocycles. The number of halogens is 1. The fourth-order valence-corrected chi connectivity index (χ4v) is 6.16. The lowest BCUT2D eigenvalue weighted by molar-refractivity contribution is 0.0340. The molecule has 5 nitrogen and oxygen atoms in total. The molecule has 2 bridgehead atoms. The molecule has 4 heterocycles. The highest BCUT2D eigenvalue weighted by Crippen LogP contribution is 2.50. The predicted molar refractivity (Wildman–Crippen MR) is 115 cm³/mol. The number of aromatic amines is 1. The lowest BCUT2D eigenvalue weighted by atomic mass is 9.58. The molecule has 30 heavy (non-hydrogen) atoms. The molecule has 3 aliphatic carbocycles. The van der Waals surface area contributed by atoms with Crippen molar-refractivity contribution in [1.29, 1.82) is 0 Å². The van der Waals surface area contributed by atoms with Gasteiger partial charge in [0.05, 0.1) is 22.9 Å². The van der Waals surface area contributed by atoms with Crippen molar-refractivity contribution in [3.8, 4) is 11.4 Å². The van der Waals surface area contributed by atoms with Crippen LogP contribution >= 0.6 is 0 Å². The van der Waals surface area contributed by atoms with Gasteiger partial charge in [0.25, 0.3) is 0 Å².